The molecule has 21 heavy (non-hydrogen) atoms. The van der Waals surface area contributed by atoms with E-state index in [-0.39, 0.29) is 10.9 Å². The second-order valence-corrected chi connectivity index (χ2v) is 6.12. The molecule has 0 amide bonds. The van der Waals surface area contributed by atoms with E-state index in [2.05, 4.69) is 31.3 Å². The summed E-state index contributed by atoms with van der Waals surface area (Å²) in [6.07, 6.45) is 0.538. The summed E-state index contributed by atoms with van der Waals surface area (Å²) in [5.41, 5.74) is 1.91. The first-order valence-electron chi connectivity index (χ1n) is 6.39. The van der Waals surface area contributed by atoms with E-state index in [4.69, 9.17) is 11.6 Å². The van der Waals surface area contributed by atoms with Crippen LogP contribution in [0.4, 0.5) is 5.95 Å². The molecule has 0 unspecified atom stereocenters. The van der Waals surface area contributed by atoms with Gasteiger partial charge in [-0.05, 0) is 30.2 Å². The number of nitrogens with one attached hydrogen (secondary N) is 1. The van der Waals surface area contributed by atoms with Crippen molar-refractivity contribution >= 4 is 39.4 Å². The predicted molar refractivity (Wildman–Crippen MR) is 84.4 cm³/mol. The van der Waals surface area contributed by atoms with Crippen molar-refractivity contribution in [3.63, 3.8) is 0 Å². The minimum absolute atomic E-state index is 0.228. The van der Waals surface area contributed by atoms with Crippen LogP contribution in [0, 0.1) is 0 Å². The number of carbonyl (C=O) groups excluding carboxylic acids is 1. The number of benzene rings is 1. The molecule has 1 aliphatic rings. The summed E-state index contributed by atoms with van der Waals surface area (Å²) in [7, 11) is 0. The number of aromatic nitrogens is 3. The molecule has 0 saturated carbocycles. The number of hydrogen-bond acceptors (Lipinski definition) is 4. The summed E-state index contributed by atoms with van der Waals surface area (Å²) in [6.45, 7) is 2.41. The monoisotopic (exact) mass is 366 g/mol. The smallest absolute Gasteiger partial charge is 0.291 e. The van der Waals surface area contributed by atoms with Crippen LogP contribution in [-0.2, 0) is 13.0 Å². The maximum absolute atomic E-state index is 12.0. The molecule has 7 heteroatoms. The Bertz CT molecular complexity index is 753. The minimum Gasteiger partial charge on any atom is -0.349 e. The van der Waals surface area contributed by atoms with E-state index in [0.717, 1.165) is 15.6 Å². The van der Waals surface area contributed by atoms with E-state index >= 15 is 0 Å². The number of hydrogen-bond donors (Lipinski definition) is 1. The maximum atomic E-state index is 12.0. The van der Waals surface area contributed by atoms with Crippen LogP contribution in [0.3, 0.4) is 0 Å². The third-order valence-electron chi connectivity index (χ3n) is 3.19. The van der Waals surface area contributed by atoms with Crippen LogP contribution in [0.5, 0.6) is 0 Å². The zero-order valence-electron chi connectivity index (χ0n) is 11.2. The Labute approximate surface area is 135 Å². The second-order valence-electron chi connectivity index (χ2n) is 4.82. The van der Waals surface area contributed by atoms with E-state index in [1.807, 2.05) is 31.2 Å². The highest BCUT2D eigenvalue weighted by molar-refractivity contribution is 9.10. The average molecular weight is 368 g/mol. The quantitative estimate of drug-likeness (QED) is 0.903. The first kappa shape index (κ1) is 14.3. The highest BCUT2D eigenvalue weighted by Crippen LogP contribution is 2.23. The maximum Gasteiger partial charge on any atom is 0.291 e. The number of halogens is 2. The summed E-state index contributed by atoms with van der Waals surface area (Å²) < 4.78 is 2.28. The number of fused-ring (bicyclic) bond motifs is 1. The number of nitrogens with zero attached hydrogens (tertiary/aromatic N) is 3. The molecule has 1 aliphatic heterocycles. The van der Waals surface area contributed by atoms with Gasteiger partial charge in [0.05, 0.1) is 0 Å². The van der Waals surface area contributed by atoms with Gasteiger partial charge in [-0.25, -0.2) is 0 Å². The largest absolute Gasteiger partial charge is 0.349 e. The first-order chi connectivity index (χ1) is 10.0. The van der Waals surface area contributed by atoms with Gasteiger partial charge in [0, 0.05) is 17.4 Å². The zero-order valence-corrected chi connectivity index (χ0v) is 13.6. The fourth-order valence-corrected chi connectivity index (χ4v) is 2.71. The molecule has 1 aromatic carbocycles. The second kappa shape index (κ2) is 5.61. The molecule has 0 saturated heterocycles. The Balaban J connectivity index is 1.76. The topological polar surface area (TPSA) is 59.8 Å². The van der Waals surface area contributed by atoms with Crippen LogP contribution in [0.25, 0.3) is 0 Å². The van der Waals surface area contributed by atoms with Crippen molar-refractivity contribution in [1.82, 2.24) is 14.8 Å². The van der Waals surface area contributed by atoms with E-state index in [1.54, 1.807) is 0 Å². The van der Waals surface area contributed by atoms with Crippen LogP contribution in [0.1, 0.15) is 23.1 Å². The van der Waals surface area contributed by atoms with Crippen LogP contribution in [0.2, 0.25) is 0 Å². The highest BCUT2D eigenvalue weighted by Gasteiger charge is 2.25. The molecule has 0 fully saturated rings. The highest BCUT2D eigenvalue weighted by atomic mass is 79.9. The fourth-order valence-electron chi connectivity index (χ4n) is 2.11. The van der Waals surface area contributed by atoms with E-state index in [1.165, 1.54) is 4.68 Å². The molecule has 2 heterocycles. The summed E-state index contributed by atoms with van der Waals surface area (Å²) in [5, 5.41) is 7.51. The molecule has 0 aliphatic carbocycles. The summed E-state index contributed by atoms with van der Waals surface area (Å²) in [6, 6.07) is 7.94. The van der Waals surface area contributed by atoms with Gasteiger partial charge in [0.15, 0.2) is 0 Å². The molecule has 0 bridgehead atoms. The molecule has 0 atom stereocenters. The lowest BCUT2D eigenvalue weighted by atomic mass is 10.1. The summed E-state index contributed by atoms with van der Waals surface area (Å²) >= 11 is 9.39. The van der Waals surface area contributed by atoms with Gasteiger partial charge >= 0.3 is 0 Å². The van der Waals surface area contributed by atoms with Crippen molar-refractivity contribution in [2.45, 2.75) is 19.9 Å². The van der Waals surface area contributed by atoms with Gasteiger partial charge in [-0.1, -0.05) is 39.7 Å². The van der Waals surface area contributed by atoms with Gasteiger partial charge in [0.2, 0.25) is 5.95 Å². The van der Waals surface area contributed by atoms with Gasteiger partial charge in [-0.2, -0.15) is 9.67 Å². The number of rotatable bonds is 3. The molecule has 2 aromatic rings. The Morgan fingerprint density at radius 2 is 2.29 bits per heavy atom. The summed E-state index contributed by atoms with van der Waals surface area (Å²) in [4.78, 5) is 16.3. The molecule has 108 valence electrons. The van der Waals surface area contributed by atoms with Crippen molar-refractivity contribution < 1.29 is 4.79 Å². The normalized spacial score (nSPS) is 14.3. The van der Waals surface area contributed by atoms with Gasteiger partial charge < -0.3 is 5.32 Å². The predicted octanol–water partition coefficient (Wildman–Crippen LogP) is 3.36. The van der Waals surface area contributed by atoms with Crippen LogP contribution >= 0.6 is 27.5 Å². The zero-order chi connectivity index (χ0) is 15.0. The average Bonchev–Trinajstić information content (AvgIpc) is 2.86. The molecule has 0 spiro atoms. The Morgan fingerprint density at radius 1 is 1.48 bits per heavy atom. The number of anilines is 1. The fraction of sp³-hybridized carbons (Fsp3) is 0.214. The Kier molecular flexibility index (Phi) is 3.82. The standard InChI is InChI=1S/C14H12BrClN4O/c1-8-5-11-18-14(19-20(11)13(21)12(8)16)17-7-9-3-2-4-10(15)6-9/h2-4,6H,5,7H2,1H3,(H,17,19). The Hall–Kier alpha value is -1.66. The lowest BCUT2D eigenvalue weighted by Gasteiger charge is -2.11. The first-order valence-corrected chi connectivity index (χ1v) is 7.56. The van der Waals surface area contributed by atoms with Crippen LogP contribution in [-0.4, -0.2) is 20.7 Å². The minimum atomic E-state index is -0.321. The van der Waals surface area contributed by atoms with Crippen molar-refractivity contribution in [1.29, 1.82) is 0 Å². The molecule has 0 radical (unpaired) electrons. The van der Waals surface area contributed by atoms with Crippen molar-refractivity contribution in [2.24, 2.45) is 0 Å². The molecule has 5 nitrogen and oxygen atoms in total. The lowest BCUT2D eigenvalue weighted by molar-refractivity contribution is 0.0939. The van der Waals surface area contributed by atoms with Crippen LogP contribution < -0.4 is 5.32 Å². The molecular formula is C14H12BrClN4O. The molecule has 1 N–H and O–H groups in total. The lowest BCUT2D eigenvalue weighted by Crippen LogP contribution is -2.21. The van der Waals surface area contributed by atoms with Gasteiger partial charge in [-0.15, -0.1) is 5.10 Å². The van der Waals surface area contributed by atoms with E-state index in [9.17, 15) is 4.79 Å². The third-order valence-corrected chi connectivity index (χ3v) is 4.17. The molecular weight excluding hydrogens is 356 g/mol. The third kappa shape index (κ3) is 2.87. The van der Waals surface area contributed by atoms with E-state index in [0.29, 0.717) is 24.7 Å². The van der Waals surface area contributed by atoms with Crippen molar-refractivity contribution in [3.8, 4) is 0 Å². The van der Waals surface area contributed by atoms with Crippen molar-refractivity contribution in [3.05, 3.63) is 50.7 Å². The van der Waals surface area contributed by atoms with Gasteiger partial charge in [-0.3, -0.25) is 4.79 Å². The molecule has 1 aromatic heterocycles. The number of allylic oxidation sites excluding steroid dienone is 2. The van der Waals surface area contributed by atoms with Crippen molar-refractivity contribution in [2.75, 3.05) is 5.32 Å². The van der Waals surface area contributed by atoms with Gasteiger partial charge in [0.25, 0.3) is 5.91 Å². The summed E-state index contributed by atoms with van der Waals surface area (Å²) in [5.74, 6) is 0.717. The van der Waals surface area contributed by atoms with Gasteiger partial charge in [0.1, 0.15) is 10.9 Å². The van der Waals surface area contributed by atoms with E-state index < -0.39 is 0 Å². The molecule has 3 rings (SSSR count). The van der Waals surface area contributed by atoms with Crippen LogP contribution in [0.15, 0.2) is 39.3 Å². The number of carbonyl (C=O) groups is 1. The Morgan fingerprint density at radius 3 is 3.05 bits per heavy atom. The SMILES string of the molecule is CC1=C(Cl)C(=O)n2nc(NCc3cccc(Br)c3)nc2C1.